The summed E-state index contributed by atoms with van der Waals surface area (Å²) in [7, 11) is 0. The second-order valence-electron chi connectivity index (χ2n) is 5.86. The average Bonchev–Trinajstić information content (AvgIpc) is 2.21. The number of rotatable bonds is 8. The second kappa shape index (κ2) is 8.11. The monoisotopic (exact) mass is 257 g/mol. The number of carboxylic acids is 1. The van der Waals surface area contributed by atoms with Crippen molar-refractivity contribution in [2.24, 2.45) is 17.8 Å². The van der Waals surface area contributed by atoms with Crippen LogP contribution in [0, 0.1) is 17.8 Å². The van der Waals surface area contributed by atoms with Crippen LogP contribution in [0.2, 0.25) is 0 Å². The fraction of sp³-hybridized carbons (Fsp3) is 0.857. The van der Waals surface area contributed by atoms with Crippen molar-refractivity contribution in [1.82, 2.24) is 4.90 Å². The van der Waals surface area contributed by atoms with Crippen LogP contribution in [0.5, 0.6) is 0 Å². The first-order valence-corrected chi connectivity index (χ1v) is 6.74. The molecule has 1 amide bonds. The molecule has 0 aliphatic carbocycles. The van der Waals surface area contributed by atoms with E-state index in [1.165, 1.54) is 0 Å². The van der Waals surface area contributed by atoms with Gasteiger partial charge in [0.05, 0.1) is 5.92 Å². The van der Waals surface area contributed by atoms with Crippen LogP contribution in [0.4, 0.5) is 0 Å². The minimum Gasteiger partial charge on any atom is -0.481 e. The number of amides is 1. The highest BCUT2D eigenvalue weighted by atomic mass is 16.4. The van der Waals surface area contributed by atoms with Gasteiger partial charge in [-0.1, -0.05) is 34.6 Å². The van der Waals surface area contributed by atoms with Crippen LogP contribution >= 0.6 is 0 Å². The van der Waals surface area contributed by atoms with E-state index < -0.39 is 11.9 Å². The van der Waals surface area contributed by atoms with Gasteiger partial charge in [0, 0.05) is 19.5 Å². The van der Waals surface area contributed by atoms with Gasteiger partial charge in [0.1, 0.15) is 0 Å². The summed E-state index contributed by atoms with van der Waals surface area (Å²) in [4.78, 5) is 24.6. The molecule has 4 heteroatoms. The summed E-state index contributed by atoms with van der Waals surface area (Å²) in [6, 6.07) is 0. The fourth-order valence-electron chi connectivity index (χ4n) is 1.62. The largest absolute Gasteiger partial charge is 0.481 e. The van der Waals surface area contributed by atoms with E-state index in [-0.39, 0.29) is 5.91 Å². The van der Waals surface area contributed by atoms with Gasteiger partial charge in [0.15, 0.2) is 0 Å². The Bertz CT molecular complexity index is 274. The second-order valence-corrected chi connectivity index (χ2v) is 5.86. The van der Waals surface area contributed by atoms with E-state index >= 15 is 0 Å². The van der Waals surface area contributed by atoms with Crippen molar-refractivity contribution in [3.8, 4) is 0 Å². The number of carbonyl (C=O) groups excluding carboxylic acids is 1. The van der Waals surface area contributed by atoms with Crippen molar-refractivity contribution < 1.29 is 14.7 Å². The lowest BCUT2D eigenvalue weighted by atomic mass is 10.1. The lowest BCUT2D eigenvalue weighted by Crippen LogP contribution is -2.38. The Morgan fingerprint density at radius 1 is 1.06 bits per heavy atom. The van der Waals surface area contributed by atoms with E-state index in [9.17, 15) is 9.59 Å². The summed E-state index contributed by atoms with van der Waals surface area (Å²) < 4.78 is 0. The molecule has 18 heavy (non-hydrogen) atoms. The number of aliphatic carboxylic acids is 1. The van der Waals surface area contributed by atoms with E-state index in [0.717, 1.165) is 6.42 Å². The normalized spacial score (nSPS) is 12.8. The molecular formula is C14H27NO3. The smallest absolute Gasteiger partial charge is 0.308 e. The van der Waals surface area contributed by atoms with Crippen molar-refractivity contribution in [3.05, 3.63) is 0 Å². The Morgan fingerprint density at radius 2 is 1.61 bits per heavy atom. The fourth-order valence-corrected chi connectivity index (χ4v) is 1.62. The zero-order valence-electron chi connectivity index (χ0n) is 12.3. The highest BCUT2D eigenvalue weighted by Gasteiger charge is 2.21. The third kappa shape index (κ3) is 7.30. The molecule has 0 rings (SSSR count). The summed E-state index contributed by atoms with van der Waals surface area (Å²) in [6.07, 6.45) is 1.40. The van der Waals surface area contributed by atoms with E-state index in [0.29, 0.717) is 31.3 Å². The topological polar surface area (TPSA) is 57.6 Å². The quantitative estimate of drug-likeness (QED) is 0.727. The molecule has 1 N–H and O–H groups in total. The summed E-state index contributed by atoms with van der Waals surface area (Å²) in [5, 5.41) is 8.93. The molecule has 0 spiro atoms. The molecule has 0 aromatic rings. The minimum absolute atomic E-state index is 0.0683. The highest BCUT2D eigenvalue weighted by Crippen LogP contribution is 2.10. The molecule has 0 aromatic carbocycles. The van der Waals surface area contributed by atoms with Crippen LogP contribution in [0.1, 0.15) is 47.5 Å². The van der Waals surface area contributed by atoms with E-state index in [1.807, 2.05) is 13.8 Å². The molecule has 0 saturated carbocycles. The molecule has 0 aliphatic rings. The highest BCUT2D eigenvalue weighted by molar-refractivity contribution is 5.77. The van der Waals surface area contributed by atoms with Crippen LogP contribution in [0.25, 0.3) is 0 Å². The summed E-state index contributed by atoms with van der Waals surface area (Å²) in [5.74, 6) is -0.465. The number of hydrogen-bond acceptors (Lipinski definition) is 2. The van der Waals surface area contributed by atoms with Crippen LogP contribution in [0.3, 0.4) is 0 Å². The molecule has 1 atom stereocenters. The SMILES string of the molecule is CC(C)CCN(CC(C)C(=O)O)C(=O)CC(C)C. The first-order valence-electron chi connectivity index (χ1n) is 6.74. The van der Waals surface area contributed by atoms with Gasteiger partial charge in [-0.05, 0) is 18.3 Å². The summed E-state index contributed by atoms with van der Waals surface area (Å²) >= 11 is 0. The van der Waals surface area contributed by atoms with Gasteiger partial charge in [0.25, 0.3) is 0 Å². The Morgan fingerprint density at radius 3 is 2.00 bits per heavy atom. The van der Waals surface area contributed by atoms with Gasteiger partial charge in [-0.15, -0.1) is 0 Å². The third-order valence-corrected chi connectivity index (χ3v) is 2.83. The maximum absolute atomic E-state index is 12.1. The Labute approximate surface area is 110 Å². The first kappa shape index (κ1) is 16.9. The van der Waals surface area contributed by atoms with Gasteiger partial charge in [-0.3, -0.25) is 9.59 Å². The van der Waals surface area contributed by atoms with Crippen molar-refractivity contribution in [2.75, 3.05) is 13.1 Å². The summed E-state index contributed by atoms with van der Waals surface area (Å²) in [6.45, 7) is 10.8. The zero-order chi connectivity index (χ0) is 14.3. The van der Waals surface area contributed by atoms with Gasteiger partial charge in [0.2, 0.25) is 5.91 Å². The number of hydrogen-bond donors (Lipinski definition) is 1. The van der Waals surface area contributed by atoms with E-state index in [2.05, 4.69) is 13.8 Å². The number of carbonyl (C=O) groups is 2. The molecule has 0 radical (unpaired) electrons. The van der Waals surface area contributed by atoms with Crippen LogP contribution in [-0.2, 0) is 9.59 Å². The number of carboxylic acid groups (broad SMARTS) is 1. The molecule has 4 nitrogen and oxygen atoms in total. The first-order chi connectivity index (χ1) is 8.23. The molecular weight excluding hydrogens is 230 g/mol. The van der Waals surface area contributed by atoms with E-state index in [4.69, 9.17) is 5.11 Å². The Balaban J connectivity index is 4.50. The van der Waals surface area contributed by atoms with Gasteiger partial charge in [-0.25, -0.2) is 0 Å². The van der Waals surface area contributed by atoms with Crippen LogP contribution in [-0.4, -0.2) is 35.0 Å². The van der Waals surface area contributed by atoms with Gasteiger partial charge >= 0.3 is 5.97 Å². The molecule has 0 heterocycles. The molecule has 106 valence electrons. The third-order valence-electron chi connectivity index (χ3n) is 2.83. The predicted molar refractivity (Wildman–Crippen MR) is 72.3 cm³/mol. The van der Waals surface area contributed by atoms with Crippen LogP contribution in [0.15, 0.2) is 0 Å². The Kier molecular flexibility index (Phi) is 7.64. The molecule has 0 aromatic heterocycles. The zero-order valence-corrected chi connectivity index (χ0v) is 12.3. The Hall–Kier alpha value is -1.06. The average molecular weight is 257 g/mol. The minimum atomic E-state index is -0.845. The van der Waals surface area contributed by atoms with Crippen molar-refractivity contribution in [3.63, 3.8) is 0 Å². The van der Waals surface area contributed by atoms with Gasteiger partial charge < -0.3 is 10.0 Å². The van der Waals surface area contributed by atoms with Crippen LogP contribution < -0.4 is 0 Å². The van der Waals surface area contributed by atoms with Crippen molar-refractivity contribution in [1.29, 1.82) is 0 Å². The standard InChI is InChI=1S/C14H27NO3/c1-10(2)6-7-15(9-12(5)14(17)18)13(16)8-11(3)4/h10-12H,6-9H2,1-5H3,(H,17,18). The van der Waals surface area contributed by atoms with E-state index in [1.54, 1.807) is 11.8 Å². The maximum Gasteiger partial charge on any atom is 0.308 e. The molecule has 0 fully saturated rings. The predicted octanol–water partition coefficient (Wildman–Crippen LogP) is 2.63. The molecule has 1 unspecified atom stereocenters. The lowest BCUT2D eigenvalue weighted by Gasteiger charge is -2.26. The van der Waals surface area contributed by atoms with Gasteiger partial charge in [-0.2, -0.15) is 0 Å². The van der Waals surface area contributed by atoms with Crippen molar-refractivity contribution in [2.45, 2.75) is 47.5 Å². The lowest BCUT2D eigenvalue weighted by molar-refractivity contribution is -0.143. The maximum atomic E-state index is 12.1. The molecule has 0 aliphatic heterocycles. The van der Waals surface area contributed by atoms with Crippen molar-refractivity contribution >= 4 is 11.9 Å². The molecule has 0 saturated heterocycles. The number of nitrogens with zero attached hydrogens (tertiary/aromatic N) is 1. The molecule has 0 bridgehead atoms. The summed E-state index contributed by atoms with van der Waals surface area (Å²) in [5.41, 5.74) is 0.